The van der Waals surface area contributed by atoms with Crippen LogP contribution in [0.25, 0.3) is 0 Å². The lowest BCUT2D eigenvalue weighted by Gasteiger charge is -2.13. The van der Waals surface area contributed by atoms with Crippen molar-refractivity contribution < 1.29 is 9.53 Å². The fourth-order valence-corrected chi connectivity index (χ4v) is 2.34. The van der Waals surface area contributed by atoms with Gasteiger partial charge in [-0.05, 0) is 19.1 Å². The summed E-state index contributed by atoms with van der Waals surface area (Å²) in [6, 6.07) is 5.10. The van der Waals surface area contributed by atoms with E-state index in [2.05, 4.69) is 15.3 Å². The van der Waals surface area contributed by atoms with Crippen LogP contribution in [-0.2, 0) is 4.79 Å². The van der Waals surface area contributed by atoms with Gasteiger partial charge >= 0.3 is 0 Å². The summed E-state index contributed by atoms with van der Waals surface area (Å²) in [6.45, 7) is 1.81. The molecule has 0 fully saturated rings. The molecular weight excluding hydrogens is 276 g/mol. The molecule has 1 aromatic carbocycles. The first-order chi connectivity index (χ1) is 9.60. The Morgan fingerprint density at radius 2 is 2.35 bits per heavy atom. The molecular formula is C13H16N4O2S. The highest BCUT2D eigenvalue weighted by molar-refractivity contribution is 8.00. The van der Waals surface area contributed by atoms with Gasteiger partial charge < -0.3 is 20.8 Å². The third-order valence-corrected chi connectivity index (χ3v) is 3.63. The SMILES string of the molecule is COc1cc(N)ccc1NC(=O)C(C)Sc1ncc[nH]1. The Hall–Kier alpha value is -2.15. The zero-order valence-corrected chi connectivity index (χ0v) is 12.0. The Kier molecular flexibility index (Phi) is 4.52. The molecule has 0 saturated carbocycles. The average Bonchev–Trinajstić information content (AvgIpc) is 2.93. The maximum atomic E-state index is 12.1. The van der Waals surface area contributed by atoms with Gasteiger partial charge in [-0.2, -0.15) is 0 Å². The number of nitrogens with two attached hydrogens (primary N) is 1. The molecule has 1 heterocycles. The minimum absolute atomic E-state index is 0.130. The molecule has 4 N–H and O–H groups in total. The normalized spacial score (nSPS) is 11.9. The van der Waals surface area contributed by atoms with Crippen molar-refractivity contribution >= 4 is 29.0 Å². The minimum atomic E-state index is -0.289. The first kappa shape index (κ1) is 14.3. The van der Waals surface area contributed by atoms with Crippen molar-refractivity contribution in [3.8, 4) is 5.75 Å². The minimum Gasteiger partial charge on any atom is -0.494 e. The number of hydrogen-bond acceptors (Lipinski definition) is 5. The number of rotatable bonds is 5. The number of hydrogen-bond donors (Lipinski definition) is 3. The van der Waals surface area contributed by atoms with Crippen LogP contribution in [0, 0.1) is 0 Å². The smallest absolute Gasteiger partial charge is 0.237 e. The number of ether oxygens (including phenoxy) is 1. The van der Waals surface area contributed by atoms with Crippen molar-refractivity contribution in [3.63, 3.8) is 0 Å². The third-order valence-electron chi connectivity index (χ3n) is 2.61. The highest BCUT2D eigenvalue weighted by Gasteiger charge is 2.17. The van der Waals surface area contributed by atoms with Crippen LogP contribution in [0.1, 0.15) is 6.92 Å². The Morgan fingerprint density at radius 1 is 1.55 bits per heavy atom. The summed E-state index contributed by atoms with van der Waals surface area (Å²) in [6.07, 6.45) is 3.37. The van der Waals surface area contributed by atoms with E-state index in [1.807, 2.05) is 6.92 Å². The summed E-state index contributed by atoms with van der Waals surface area (Å²) in [4.78, 5) is 19.2. The summed E-state index contributed by atoms with van der Waals surface area (Å²) in [5.74, 6) is 0.406. The largest absolute Gasteiger partial charge is 0.494 e. The van der Waals surface area contributed by atoms with Crippen LogP contribution < -0.4 is 15.8 Å². The molecule has 6 nitrogen and oxygen atoms in total. The number of carbonyl (C=O) groups excluding carboxylic acids is 1. The molecule has 20 heavy (non-hydrogen) atoms. The van der Waals surface area contributed by atoms with Crippen LogP contribution in [0.5, 0.6) is 5.75 Å². The fourth-order valence-electron chi connectivity index (χ4n) is 1.58. The molecule has 2 aromatic rings. The van der Waals surface area contributed by atoms with Gasteiger partial charge in [-0.25, -0.2) is 4.98 Å². The van der Waals surface area contributed by atoms with Crippen LogP contribution in [0.4, 0.5) is 11.4 Å². The van der Waals surface area contributed by atoms with E-state index in [-0.39, 0.29) is 11.2 Å². The number of imidazole rings is 1. The quantitative estimate of drug-likeness (QED) is 0.580. The molecule has 106 valence electrons. The summed E-state index contributed by atoms with van der Waals surface area (Å²) in [5, 5.41) is 3.24. The predicted octanol–water partition coefficient (Wildman–Crippen LogP) is 2.12. The van der Waals surface area contributed by atoms with Crippen LogP contribution in [0.2, 0.25) is 0 Å². The molecule has 0 aliphatic rings. The molecule has 1 atom stereocenters. The van der Waals surface area contributed by atoms with E-state index in [0.29, 0.717) is 22.3 Å². The topological polar surface area (TPSA) is 93.0 Å². The van der Waals surface area contributed by atoms with Crippen molar-refractivity contribution in [3.05, 3.63) is 30.6 Å². The number of carbonyl (C=O) groups is 1. The molecule has 0 bridgehead atoms. The van der Waals surface area contributed by atoms with E-state index in [1.54, 1.807) is 30.6 Å². The Morgan fingerprint density at radius 3 is 3.00 bits per heavy atom. The van der Waals surface area contributed by atoms with E-state index < -0.39 is 0 Å². The summed E-state index contributed by atoms with van der Waals surface area (Å²) >= 11 is 1.35. The predicted molar refractivity (Wildman–Crippen MR) is 79.9 cm³/mol. The van der Waals surface area contributed by atoms with Crippen molar-refractivity contribution in [1.82, 2.24) is 9.97 Å². The third kappa shape index (κ3) is 3.45. The number of benzene rings is 1. The maximum absolute atomic E-state index is 12.1. The maximum Gasteiger partial charge on any atom is 0.237 e. The number of methoxy groups -OCH3 is 1. The fraction of sp³-hybridized carbons (Fsp3) is 0.231. The number of nitrogens with one attached hydrogen (secondary N) is 2. The van der Waals surface area contributed by atoms with Gasteiger partial charge in [0.25, 0.3) is 0 Å². The number of aromatic nitrogens is 2. The van der Waals surface area contributed by atoms with Gasteiger partial charge in [-0.1, -0.05) is 11.8 Å². The molecule has 7 heteroatoms. The van der Waals surface area contributed by atoms with E-state index in [4.69, 9.17) is 10.5 Å². The summed E-state index contributed by atoms with van der Waals surface area (Å²) < 4.78 is 5.19. The first-order valence-electron chi connectivity index (χ1n) is 6.00. The molecule has 1 unspecified atom stereocenters. The second-order valence-electron chi connectivity index (χ2n) is 4.10. The lowest BCUT2D eigenvalue weighted by Crippen LogP contribution is -2.22. The van der Waals surface area contributed by atoms with Crippen molar-refractivity contribution in [1.29, 1.82) is 0 Å². The zero-order chi connectivity index (χ0) is 14.5. The van der Waals surface area contributed by atoms with E-state index >= 15 is 0 Å². The highest BCUT2D eigenvalue weighted by Crippen LogP contribution is 2.28. The average molecular weight is 292 g/mol. The molecule has 0 aliphatic carbocycles. The molecule has 0 aliphatic heterocycles. The second-order valence-corrected chi connectivity index (χ2v) is 5.43. The van der Waals surface area contributed by atoms with Gasteiger partial charge in [0.2, 0.25) is 5.91 Å². The van der Waals surface area contributed by atoms with Crippen molar-refractivity contribution in [2.75, 3.05) is 18.2 Å². The molecule has 2 rings (SSSR count). The zero-order valence-electron chi connectivity index (χ0n) is 11.2. The van der Waals surface area contributed by atoms with Crippen LogP contribution in [-0.4, -0.2) is 28.2 Å². The second kappa shape index (κ2) is 6.33. The van der Waals surface area contributed by atoms with Gasteiger partial charge in [-0.15, -0.1) is 0 Å². The molecule has 0 saturated heterocycles. The number of aromatic amines is 1. The number of H-pyrrole nitrogens is 1. The van der Waals surface area contributed by atoms with Gasteiger partial charge in [0.05, 0.1) is 18.0 Å². The number of nitrogens with zero attached hydrogens (tertiary/aromatic N) is 1. The van der Waals surface area contributed by atoms with Gasteiger partial charge in [0.1, 0.15) is 5.75 Å². The van der Waals surface area contributed by atoms with Crippen molar-refractivity contribution in [2.24, 2.45) is 0 Å². The molecule has 1 amide bonds. The van der Waals surface area contributed by atoms with E-state index in [9.17, 15) is 4.79 Å². The van der Waals surface area contributed by atoms with Gasteiger partial charge in [-0.3, -0.25) is 4.79 Å². The van der Waals surface area contributed by atoms with Crippen LogP contribution in [0.3, 0.4) is 0 Å². The summed E-state index contributed by atoms with van der Waals surface area (Å²) in [7, 11) is 1.53. The molecule has 0 radical (unpaired) electrons. The van der Waals surface area contributed by atoms with Gasteiger partial charge in [0.15, 0.2) is 5.16 Å². The Bertz CT molecular complexity index is 586. The van der Waals surface area contributed by atoms with Crippen LogP contribution in [0.15, 0.2) is 35.7 Å². The molecule has 1 aromatic heterocycles. The number of amides is 1. The Labute approximate surface area is 121 Å². The first-order valence-corrected chi connectivity index (χ1v) is 6.88. The standard InChI is InChI=1S/C13H16N4O2S/c1-8(20-13-15-5-6-16-13)12(18)17-10-4-3-9(14)7-11(10)19-2/h3-8H,14H2,1-2H3,(H,15,16)(H,17,18). The van der Waals surface area contributed by atoms with E-state index in [0.717, 1.165) is 0 Å². The molecule has 0 spiro atoms. The number of anilines is 2. The monoisotopic (exact) mass is 292 g/mol. The van der Waals surface area contributed by atoms with E-state index in [1.165, 1.54) is 18.9 Å². The number of thioether (sulfide) groups is 1. The lowest BCUT2D eigenvalue weighted by atomic mass is 10.2. The highest BCUT2D eigenvalue weighted by atomic mass is 32.2. The van der Waals surface area contributed by atoms with Crippen molar-refractivity contribution in [2.45, 2.75) is 17.3 Å². The summed E-state index contributed by atoms with van der Waals surface area (Å²) in [5.41, 5.74) is 6.85. The Balaban J connectivity index is 2.03. The van der Waals surface area contributed by atoms with Crippen LogP contribution >= 0.6 is 11.8 Å². The number of nitrogen functional groups attached to an aromatic ring is 1. The lowest BCUT2D eigenvalue weighted by molar-refractivity contribution is -0.115. The van der Waals surface area contributed by atoms with Gasteiger partial charge in [0, 0.05) is 24.1 Å².